The van der Waals surface area contributed by atoms with Crippen LogP contribution in [-0.4, -0.2) is 66.3 Å². The molecular formula is C59H79F9N4O8S3. The molecule has 0 radical (unpaired) electrons. The fourth-order valence-corrected chi connectivity index (χ4v) is 11.5. The Morgan fingerprint density at radius 1 is 0.651 bits per heavy atom. The molecule has 4 aromatic carbocycles. The molecule has 6 rings (SSSR count). The van der Waals surface area contributed by atoms with Crippen LogP contribution in [0.2, 0.25) is 0 Å². The molecule has 1 unspecified atom stereocenters. The SMILES string of the molecule is CCCCCCCCCCOc1c(OCCC)csc1CCCCCCCCCCCCCCc1cccc2ccccc12.N=NC(=O)N(F)N(F)F.O=C(OC1(c2cccc3ccccc23)CCCS1)C(F)(F)F.O=S(=O)(O)C(F)(F)F. The van der Waals surface area contributed by atoms with Crippen molar-refractivity contribution in [2.45, 2.75) is 191 Å². The molecule has 2 N–H and O–H groups in total. The second kappa shape index (κ2) is 38.7. The van der Waals surface area contributed by atoms with Crippen LogP contribution >= 0.6 is 23.1 Å². The van der Waals surface area contributed by atoms with Gasteiger partial charge in [-0.25, -0.2) is 9.59 Å². The van der Waals surface area contributed by atoms with Gasteiger partial charge in [0.2, 0.25) is 0 Å². The number of fused-ring (bicyclic) bond motifs is 2. The number of amides is 2. The van der Waals surface area contributed by atoms with Crippen LogP contribution in [0.4, 0.5) is 44.6 Å². The van der Waals surface area contributed by atoms with Crippen molar-refractivity contribution < 1.29 is 76.6 Å². The number of ether oxygens (including phenoxy) is 3. The highest BCUT2D eigenvalue weighted by atomic mass is 32.2. The standard InChI is InChI=1S/C41H64O2S.C16H13F3O2S.CHF3N4O.CHF3O3S/c1-3-5-6-7-8-17-20-25-34-43-41-39(42-33-4-2)35-44-40(41)32-22-19-16-14-12-10-9-11-13-15-18-21-27-36-29-26-30-37-28-23-24-31-38(36)37;17-16(18,19)14(20)21-15(9-4-10-22-15)13-8-3-6-11-5-1-2-7-12(11)13;2-7(8(3)4)1(9)6-5;2-1(3,4)8(5,6)7/h23-24,26,28-31,35H,3-22,25,27,32-34H2,1-2H3;1-3,5-8H,4,9-10H2;5H;(H,5,6,7). The predicted octanol–water partition coefficient (Wildman–Crippen LogP) is 20.0. The smallest absolute Gasteiger partial charge is 0.489 e. The number of thioether (sulfide) groups is 1. The van der Waals surface area contributed by atoms with Crippen LogP contribution in [0.15, 0.2) is 95.4 Å². The molecular weight excluding hydrogens is 1160 g/mol. The van der Waals surface area contributed by atoms with E-state index in [-0.39, 0.29) is 0 Å². The van der Waals surface area contributed by atoms with Crippen molar-refractivity contribution in [3.05, 3.63) is 106 Å². The lowest BCUT2D eigenvalue weighted by molar-refractivity contribution is -0.339. The zero-order chi connectivity index (χ0) is 61.2. The van der Waals surface area contributed by atoms with Crippen molar-refractivity contribution in [1.29, 1.82) is 5.53 Å². The molecule has 1 aliphatic rings. The minimum atomic E-state index is -5.84. The summed E-state index contributed by atoms with van der Waals surface area (Å²) in [6, 6.07) is 26.4. The highest BCUT2D eigenvalue weighted by Gasteiger charge is 2.49. The monoisotopic (exact) mass is 1240 g/mol. The number of carbonyl (C=O) groups is 2. The molecule has 464 valence electrons. The summed E-state index contributed by atoms with van der Waals surface area (Å²) in [5.41, 5.74) is 0.258. The van der Waals surface area contributed by atoms with Crippen molar-refractivity contribution >= 4 is 66.8 Å². The molecule has 24 heteroatoms. The molecule has 1 aromatic heterocycles. The number of halogens is 9. The maximum Gasteiger partial charge on any atom is 0.522 e. The van der Waals surface area contributed by atoms with E-state index < -0.39 is 49.4 Å². The van der Waals surface area contributed by atoms with Gasteiger partial charge in [0, 0.05) is 17.4 Å². The molecule has 5 aromatic rings. The van der Waals surface area contributed by atoms with E-state index in [9.17, 15) is 49.4 Å². The van der Waals surface area contributed by atoms with E-state index in [2.05, 4.69) is 61.7 Å². The van der Waals surface area contributed by atoms with E-state index in [1.54, 1.807) is 12.1 Å². The number of aryl methyl sites for hydroxylation is 2. The molecule has 1 atom stereocenters. The zero-order valence-electron chi connectivity index (χ0n) is 47.2. The van der Waals surface area contributed by atoms with Gasteiger partial charge in [0.25, 0.3) is 0 Å². The number of nitrogens with zero attached hydrogens (tertiary/aromatic N) is 3. The van der Waals surface area contributed by atoms with E-state index in [1.165, 1.54) is 161 Å². The van der Waals surface area contributed by atoms with E-state index in [4.69, 9.17) is 32.7 Å². The first-order chi connectivity index (χ1) is 39.6. The third kappa shape index (κ3) is 26.7. The number of hydrogen-bond acceptors (Lipinski definition) is 11. The first-order valence-corrected chi connectivity index (χ1v) is 31.7. The Bertz CT molecular complexity index is 2750. The first-order valence-electron chi connectivity index (χ1n) is 28.4. The number of hydrogen-bond donors (Lipinski definition) is 2. The van der Waals surface area contributed by atoms with Crippen LogP contribution in [0.1, 0.15) is 178 Å². The lowest BCUT2D eigenvalue weighted by atomic mass is 9.97. The van der Waals surface area contributed by atoms with Gasteiger partial charge in [0.05, 0.1) is 18.1 Å². The summed E-state index contributed by atoms with van der Waals surface area (Å²) in [6.07, 6.45) is 26.6. The van der Waals surface area contributed by atoms with Crippen LogP contribution in [-0.2, 0) is 37.4 Å². The number of benzene rings is 4. The summed E-state index contributed by atoms with van der Waals surface area (Å²) in [6.45, 7) is 6.06. The van der Waals surface area contributed by atoms with Crippen molar-refractivity contribution in [2.24, 2.45) is 5.11 Å². The minimum absolute atomic E-state index is 0.382. The number of carbonyl (C=O) groups excluding carboxylic acids is 2. The number of esters is 1. The van der Waals surface area contributed by atoms with Crippen LogP contribution in [0.5, 0.6) is 11.5 Å². The lowest BCUT2D eigenvalue weighted by Gasteiger charge is -2.30. The van der Waals surface area contributed by atoms with E-state index in [0.29, 0.717) is 24.2 Å². The largest absolute Gasteiger partial charge is 0.522 e. The van der Waals surface area contributed by atoms with Crippen LogP contribution < -0.4 is 9.47 Å². The summed E-state index contributed by atoms with van der Waals surface area (Å²) in [5, 5.41) is 6.97. The van der Waals surface area contributed by atoms with E-state index in [0.717, 1.165) is 54.7 Å². The van der Waals surface area contributed by atoms with E-state index >= 15 is 0 Å². The summed E-state index contributed by atoms with van der Waals surface area (Å²) < 4.78 is 146. The zero-order valence-corrected chi connectivity index (χ0v) is 49.7. The Morgan fingerprint density at radius 3 is 1.64 bits per heavy atom. The number of thiophene rings is 1. The summed E-state index contributed by atoms with van der Waals surface area (Å²) in [5.74, 6) is 0.569. The van der Waals surface area contributed by atoms with Gasteiger partial charge in [-0.15, -0.1) is 23.1 Å². The molecule has 0 saturated carbocycles. The summed E-state index contributed by atoms with van der Waals surface area (Å²) in [7, 11) is -5.84. The van der Waals surface area contributed by atoms with Gasteiger partial charge in [0.15, 0.2) is 21.9 Å². The Hall–Kier alpha value is -5.17. The average Bonchev–Trinajstić information content (AvgIpc) is 3.99. The Balaban J connectivity index is 0.000000377. The molecule has 12 nitrogen and oxygen atoms in total. The second-order valence-electron chi connectivity index (χ2n) is 19.8. The van der Waals surface area contributed by atoms with Crippen molar-refractivity contribution in [3.63, 3.8) is 0 Å². The molecule has 0 spiro atoms. The Labute approximate surface area is 490 Å². The molecule has 1 aliphatic heterocycles. The first kappa shape index (κ1) is 72.1. The number of rotatable bonds is 31. The number of alkyl halides is 6. The van der Waals surface area contributed by atoms with Crippen LogP contribution in [0, 0.1) is 5.53 Å². The second-order valence-corrected chi connectivity index (χ2v) is 23.5. The topological polar surface area (TPSA) is 159 Å². The summed E-state index contributed by atoms with van der Waals surface area (Å²) >= 11 is 3.10. The van der Waals surface area contributed by atoms with Crippen molar-refractivity contribution in [1.82, 2.24) is 10.7 Å². The van der Waals surface area contributed by atoms with Gasteiger partial charge < -0.3 is 14.2 Å². The maximum atomic E-state index is 12.6. The molecule has 1 fully saturated rings. The number of nitrogens with one attached hydrogen (secondary N) is 1. The number of unbranched alkanes of at least 4 members (excludes halogenated alkanes) is 18. The molecule has 0 aliphatic carbocycles. The minimum Gasteiger partial charge on any atom is -0.489 e. The van der Waals surface area contributed by atoms with Gasteiger partial charge in [-0.05, 0) is 83.0 Å². The van der Waals surface area contributed by atoms with Gasteiger partial charge >= 0.3 is 33.8 Å². The van der Waals surface area contributed by atoms with Gasteiger partial charge in [0.1, 0.15) is 0 Å². The Morgan fingerprint density at radius 2 is 1.14 bits per heavy atom. The van der Waals surface area contributed by atoms with Crippen molar-refractivity contribution in [2.75, 3.05) is 19.0 Å². The highest BCUT2D eigenvalue weighted by Crippen LogP contribution is 2.50. The quantitative estimate of drug-likeness (QED) is 0.00639. The Kier molecular flexibility index (Phi) is 33.6. The van der Waals surface area contributed by atoms with Gasteiger partial charge in [-0.3, -0.25) is 4.55 Å². The molecule has 2 amide bonds. The fourth-order valence-electron chi connectivity index (χ4n) is 9.13. The van der Waals surface area contributed by atoms with Crippen molar-refractivity contribution in [3.8, 4) is 11.5 Å². The molecule has 1 saturated heterocycles. The fraction of sp³-hybridized carbons (Fsp3) is 0.559. The maximum absolute atomic E-state index is 12.6. The molecule has 83 heavy (non-hydrogen) atoms. The third-order valence-corrected chi connectivity index (χ3v) is 16.4. The summed E-state index contributed by atoms with van der Waals surface area (Å²) in [4.78, 5) is 21.1. The lowest BCUT2D eigenvalue weighted by Crippen LogP contribution is -2.34. The van der Waals surface area contributed by atoms with Gasteiger partial charge in [-0.2, -0.15) is 40.3 Å². The number of urea groups is 1. The average molecular weight is 1240 g/mol. The molecule has 2 heterocycles. The molecule has 0 bridgehead atoms. The van der Waals surface area contributed by atoms with Crippen LogP contribution in [0.3, 0.4) is 0 Å². The van der Waals surface area contributed by atoms with E-state index in [1.807, 2.05) is 46.8 Å². The van der Waals surface area contributed by atoms with Crippen LogP contribution in [0.25, 0.3) is 21.5 Å². The van der Waals surface area contributed by atoms with Gasteiger partial charge in [-0.1, -0.05) is 226 Å². The highest BCUT2D eigenvalue weighted by molar-refractivity contribution is 8.00. The number of hydrazine groups is 1. The third-order valence-electron chi connectivity index (χ3n) is 13.3. The normalized spacial score (nSPS) is 14.2. The predicted molar refractivity (Wildman–Crippen MR) is 310 cm³/mol.